The van der Waals surface area contributed by atoms with Gasteiger partial charge in [0.05, 0.1) is 26.1 Å². The minimum atomic E-state index is -0.505. The topological polar surface area (TPSA) is 56.8 Å². The molecular formula is C25H27NO4S. The van der Waals surface area contributed by atoms with Gasteiger partial charge in [-0.15, -0.1) is 11.8 Å². The van der Waals surface area contributed by atoms with Crippen LogP contribution in [0, 0.1) is 0 Å². The van der Waals surface area contributed by atoms with Gasteiger partial charge < -0.3 is 19.5 Å². The number of nitrogens with one attached hydrogen (secondary N) is 1. The minimum absolute atomic E-state index is 0.505. The number of methoxy groups -OCH3 is 3. The Hall–Kier alpha value is -3.12. The first-order valence-electron chi connectivity index (χ1n) is 9.92. The molecule has 0 heterocycles. The Bertz CT molecular complexity index is 841. The standard InChI is InChI=1S/C25H27NO4S/c1-28-22-10-4-19(5-11-22)25(31-17-16-26-18-27,20-6-12-23(29-2)13-7-20)21-8-14-24(30-3)15-9-21/h4-15,18H,16-17H2,1-3H3,(H,26,27). The zero-order valence-corrected chi connectivity index (χ0v) is 18.8. The van der Waals surface area contributed by atoms with Crippen molar-refractivity contribution in [2.75, 3.05) is 33.6 Å². The summed E-state index contributed by atoms with van der Waals surface area (Å²) in [5.74, 6) is 3.13. The molecule has 0 saturated heterocycles. The molecule has 3 aromatic rings. The normalized spacial score (nSPS) is 10.9. The Morgan fingerprint density at radius 1 is 0.710 bits per heavy atom. The van der Waals surface area contributed by atoms with Gasteiger partial charge in [0, 0.05) is 12.3 Å². The van der Waals surface area contributed by atoms with Gasteiger partial charge in [0.25, 0.3) is 0 Å². The maximum Gasteiger partial charge on any atom is 0.207 e. The van der Waals surface area contributed by atoms with Crippen LogP contribution in [0.5, 0.6) is 17.2 Å². The quantitative estimate of drug-likeness (QED) is 0.272. The molecule has 1 N–H and O–H groups in total. The average Bonchev–Trinajstić information content (AvgIpc) is 2.85. The van der Waals surface area contributed by atoms with Crippen molar-refractivity contribution in [3.8, 4) is 17.2 Å². The molecule has 0 aliphatic carbocycles. The molecule has 1 amide bonds. The molecule has 0 bridgehead atoms. The number of carbonyl (C=O) groups excluding carboxylic acids is 1. The largest absolute Gasteiger partial charge is 0.497 e. The maximum atomic E-state index is 10.8. The summed E-state index contributed by atoms with van der Waals surface area (Å²) in [6, 6.07) is 24.4. The van der Waals surface area contributed by atoms with Crippen LogP contribution in [0.2, 0.25) is 0 Å². The van der Waals surface area contributed by atoms with E-state index in [0.29, 0.717) is 6.54 Å². The van der Waals surface area contributed by atoms with Crippen LogP contribution in [-0.4, -0.2) is 40.0 Å². The molecule has 31 heavy (non-hydrogen) atoms. The first-order chi connectivity index (χ1) is 15.2. The number of ether oxygens (including phenoxy) is 3. The van der Waals surface area contributed by atoms with Gasteiger partial charge in [0.2, 0.25) is 6.41 Å². The molecule has 6 heteroatoms. The van der Waals surface area contributed by atoms with Crippen molar-refractivity contribution in [3.05, 3.63) is 89.5 Å². The molecule has 0 spiro atoms. The summed E-state index contributed by atoms with van der Waals surface area (Å²) in [7, 11) is 4.99. The van der Waals surface area contributed by atoms with Gasteiger partial charge >= 0.3 is 0 Å². The first-order valence-corrected chi connectivity index (χ1v) is 10.9. The summed E-state index contributed by atoms with van der Waals surface area (Å²) in [4.78, 5) is 10.8. The Balaban J connectivity index is 2.19. The lowest BCUT2D eigenvalue weighted by Crippen LogP contribution is -2.28. The van der Waals surface area contributed by atoms with Crippen molar-refractivity contribution in [1.82, 2.24) is 5.32 Å². The third-order valence-corrected chi connectivity index (χ3v) is 6.69. The van der Waals surface area contributed by atoms with E-state index in [1.165, 1.54) is 0 Å². The van der Waals surface area contributed by atoms with E-state index in [1.54, 1.807) is 33.1 Å². The van der Waals surface area contributed by atoms with E-state index in [-0.39, 0.29) is 0 Å². The zero-order valence-electron chi connectivity index (χ0n) is 18.0. The zero-order chi connectivity index (χ0) is 22.1. The number of benzene rings is 3. The number of carbonyl (C=O) groups is 1. The number of rotatable bonds is 11. The highest BCUT2D eigenvalue weighted by molar-refractivity contribution is 8.00. The maximum absolute atomic E-state index is 10.8. The molecule has 0 aliphatic rings. The number of thioether (sulfide) groups is 1. The summed E-state index contributed by atoms with van der Waals surface area (Å²) in [6.45, 7) is 0.568. The summed E-state index contributed by atoms with van der Waals surface area (Å²) in [5, 5.41) is 2.77. The summed E-state index contributed by atoms with van der Waals surface area (Å²) >= 11 is 1.76. The van der Waals surface area contributed by atoms with Crippen molar-refractivity contribution in [1.29, 1.82) is 0 Å². The van der Waals surface area contributed by atoms with Gasteiger partial charge in [-0.2, -0.15) is 0 Å². The molecule has 0 unspecified atom stereocenters. The van der Waals surface area contributed by atoms with Crippen LogP contribution in [0.15, 0.2) is 72.8 Å². The second-order valence-electron chi connectivity index (χ2n) is 6.79. The fourth-order valence-electron chi connectivity index (χ4n) is 3.55. The lowest BCUT2D eigenvalue weighted by molar-refractivity contribution is -0.109. The molecule has 0 aliphatic heterocycles. The van der Waals surface area contributed by atoms with E-state index >= 15 is 0 Å². The van der Waals surface area contributed by atoms with Crippen molar-refractivity contribution in [2.45, 2.75) is 4.75 Å². The van der Waals surface area contributed by atoms with Crippen molar-refractivity contribution >= 4 is 18.2 Å². The smallest absolute Gasteiger partial charge is 0.207 e. The minimum Gasteiger partial charge on any atom is -0.497 e. The van der Waals surface area contributed by atoms with Crippen LogP contribution in [0.1, 0.15) is 16.7 Å². The monoisotopic (exact) mass is 437 g/mol. The van der Waals surface area contributed by atoms with Crippen LogP contribution in [0.3, 0.4) is 0 Å². The van der Waals surface area contributed by atoms with E-state index in [2.05, 4.69) is 41.7 Å². The van der Waals surface area contributed by atoms with Crippen molar-refractivity contribution in [2.24, 2.45) is 0 Å². The number of amides is 1. The molecule has 0 radical (unpaired) electrons. The lowest BCUT2D eigenvalue weighted by atomic mass is 9.84. The van der Waals surface area contributed by atoms with Gasteiger partial charge in [-0.3, -0.25) is 4.79 Å². The SMILES string of the molecule is COc1ccc(C(SCCNC=O)(c2ccc(OC)cc2)c2ccc(OC)cc2)cc1. The van der Waals surface area contributed by atoms with Crippen LogP contribution >= 0.6 is 11.8 Å². The summed E-state index contributed by atoms with van der Waals surface area (Å²) < 4.78 is 15.6. The summed E-state index contributed by atoms with van der Waals surface area (Å²) in [6.07, 6.45) is 0.733. The van der Waals surface area contributed by atoms with E-state index in [1.807, 2.05) is 36.4 Å². The van der Waals surface area contributed by atoms with E-state index in [0.717, 1.165) is 46.1 Å². The average molecular weight is 438 g/mol. The van der Waals surface area contributed by atoms with Gasteiger partial charge in [0.1, 0.15) is 17.2 Å². The molecule has 0 saturated carbocycles. The Morgan fingerprint density at radius 2 is 1.06 bits per heavy atom. The van der Waals surface area contributed by atoms with E-state index < -0.39 is 4.75 Å². The molecule has 0 aromatic heterocycles. The van der Waals surface area contributed by atoms with Gasteiger partial charge in [-0.25, -0.2) is 0 Å². The van der Waals surface area contributed by atoms with E-state index in [9.17, 15) is 4.79 Å². The molecule has 3 rings (SSSR count). The Labute approximate surface area is 187 Å². The molecule has 3 aromatic carbocycles. The van der Waals surface area contributed by atoms with Gasteiger partial charge in [-0.1, -0.05) is 36.4 Å². The molecule has 0 fully saturated rings. The van der Waals surface area contributed by atoms with Crippen LogP contribution < -0.4 is 19.5 Å². The van der Waals surface area contributed by atoms with Crippen molar-refractivity contribution < 1.29 is 19.0 Å². The van der Waals surface area contributed by atoms with Crippen LogP contribution in [0.25, 0.3) is 0 Å². The van der Waals surface area contributed by atoms with Gasteiger partial charge in [-0.05, 0) is 53.1 Å². The van der Waals surface area contributed by atoms with Crippen LogP contribution in [-0.2, 0) is 9.54 Å². The third-order valence-electron chi connectivity index (χ3n) is 5.14. The Morgan fingerprint density at radius 3 is 1.35 bits per heavy atom. The fraction of sp³-hybridized carbons (Fsp3) is 0.240. The van der Waals surface area contributed by atoms with Crippen LogP contribution in [0.4, 0.5) is 0 Å². The molecule has 0 atom stereocenters. The molecule has 162 valence electrons. The Kier molecular flexibility index (Phi) is 7.84. The van der Waals surface area contributed by atoms with E-state index in [4.69, 9.17) is 14.2 Å². The second kappa shape index (κ2) is 10.8. The fourth-order valence-corrected chi connectivity index (χ4v) is 4.98. The molecular weight excluding hydrogens is 410 g/mol. The highest BCUT2D eigenvalue weighted by Gasteiger charge is 2.37. The highest BCUT2D eigenvalue weighted by atomic mass is 32.2. The highest BCUT2D eigenvalue weighted by Crippen LogP contribution is 2.49. The predicted octanol–water partition coefficient (Wildman–Crippen LogP) is 4.48. The van der Waals surface area contributed by atoms with Crippen molar-refractivity contribution in [3.63, 3.8) is 0 Å². The molecule has 5 nitrogen and oxygen atoms in total. The number of hydrogen-bond acceptors (Lipinski definition) is 5. The first kappa shape index (κ1) is 22.6. The predicted molar refractivity (Wildman–Crippen MR) is 125 cm³/mol. The van der Waals surface area contributed by atoms with Gasteiger partial charge in [0.15, 0.2) is 0 Å². The lowest BCUT2D eigenvalue weighted by Gasteiger charge is -2.35. The summed E-state index contributed by atoms with van der Waals surface area (Å²) in [5.41, 5.74) is 3.33. The number of hydrogen-bond donors (Lipinski definition) is 1. The third kappa shape index (κ3) is 4.97. The second-order valence-corrected chi connectivity index (χ2v) is 8.10.